The van der Waals surface area contributed by atoms with Crippen LogP contribution in [0.25, 0.3) is 0 Å². The van der Waals surface area contributed by atoms with E-state index >= 15 is 0 Å². The summed E-state index contributed by atoms with van der Waals surface area (Å²) in [7, 11) is -4.02. The molecule has 0 atom stereocenters. The highest BCUT2D eigenvalue weighted by atomic mass is 32.2. The summed E-state index contributed by atoms with van der Waals surface area (Å²) in [6.45, 7) is 3.65. The predicted molar refractivity (Wildman–Crippen MR) is 57.3 cm³/mol. The molecule has 0 aliphatic carbocycles. The molecule has 0 fully saturated rings. The van der Waals surface area contributed by atoms with Crippen LogP contribution < -0.4 is 0 Å². The minimum Gasteiger partial charge on any atom is -0.303 e. The zero-order valence-electron chi connectivity index (χ0n) is 8.67. The van der Waals surface area contributed by atoms with Crippen LogP contribution in [0.3, 0.4) is 0 Å². The van der Waals surface area contributed by atoms with Crippen LogP contribution in [-0.4, -0.2) is 19.3 Å². The van der Waals surface area contributed by atoms with E-state index < -0.39 is 10.1 Å². The third kappa shape index (κ3) is 5.98. The Labute approximate surface area is 89.7 Å². The average Bonchev–Trinajstić information content (AvgIpc) is 2.17. The molecule has 0 amide bonds. The highest BCUT2D eigenvalue weighted by Gasteiger charge is 2.06. The molecule has 1 N–H and O–H groups in total. The van der Waals surface area contributed by atoms with Crippen molar-refractivity contribution in [2.75, 3.05) is 0 Å². The summed E-state index contributed by atoms with van der Waals surface area (Å²) in [5, 5.41) is 0. The van der Waals surface area contributed by atoms with Gasteiger partial charge in [-0.05, 0) is 19.1 Å². The molecule has 0 saturated carbocycles. The molecule has 0 unspecified atom stereocenters. The highest BCUT2D eigenvalue weighted by Crippen LogP contribution is 2.08. The molecule has 1 aromatic carbocycles. The Morgan fingerprint density at radius 1 is 1.27 bits per heavy atom. The van der Waals surface area contributed by atoms with Gasteiger partial charge in [-0.25, -0.2) is 0 Å². The SMILES string of the molecule is CCC=O.Cc1ccc(S(=O)(=O)O)cc1. The summed E-state index contributed by atoms with van der Waals surface area (Å²) in [4.78, 5) is 9.11. The summed E-state index contributed by atoms with van der Waals surface area (Å²) in [6, 6.07) is 5.99. The minimum atomic E-state index is -4.02. The molecule has 0 aliphatic heterocycles. The molecule has 0 radical (unpaired) electrons. The quantitative estimate of drug-likeness (QED) is 0.621. The van der Waals surface area contributed by atoms with Crippen molar-refractivity contribution in [2.45, 2.75) is 25.2 Å². The Kier molecular flexibility index (Phi) is 5.81. The monoisotopic (exact) mass is 230 g/mol. The molecule has 0 heterocycles. The van der Waals surface area contributed by atoms with Gasteiger partial charge in [0, 0.05) is 6.42 Å². The second-order valence-electron chi connectivity index (χ2n) is 2.86. The summed E-state index contributed by atoms with van der Waals surface area (Å²) >= 11 is 0. The number of aryl methyl sites for hydroxylation is 1. The normalized spacial score (nSPS) is 10.1. The van der Waals surface area contributed by atoms with Gasteiger partial charge in [0.15, 0.2) is 0 Å². The van der Waals surface area contributed by atoms with E-state index in [2.05, 4.69) is 0 Å². The molecule has 0 bridgehead atoms. The second-order valence-corrected chi connectivity index (χ2v) is 4.28. The van der Waals surface area contributed by atoms with Gasteiger partial charge in [-0.15, -0.1) is 0 Å². The molecule has 15 heavy (non-hydrogen) atoms. The van der Waals surface area contributed by atoms with Crippen molar-refractivity contribution in [2.24, 2.45) is 0 Å². The van der Waals surface area contributed by atoms with Crippen LogP contribution in [0.1, 0.15) is 18.9 Å². The van der Waals surface area contributed by atoms with Gasteiger partial charge in [0.1, 0.15) is 6.29 Å². The van der Waals surface area contributed by atoms with Crippen molar-refractivity contribution in [1.29, 1.82) is 0 Å². The van der Waals surface area contributed by atoms with Gasteiger partial charge in [-0.1, -0.05) is 24.6 Å². The van der Waals surface area contributed by atoms with Crippen molar-refractivity contribution < 1.29 is 17.8 Å². The van der Waals surface area contributed by atoms with E-state index in [1.54, 1.807) is 12.1 Å². The lowest BCUT2D eigenvalue weighted by Gasteiger charge is -1.95. The van der Waals surface area contributed by atoms with Crippen LogP contribution in [0.5, 0.6) is 0 Å². The lowest BCUT2D eigenvalue weighted by atomic mass is 10.2. The lowest BCUT2D eigenvalue weighted by molar-refractivity contribution is -0.107. The van der Waals surface area contributed by atoms with Gasteiger partial charge in [-0.3, -0.25) is 4.55 Å². The summed E-state index contributed by atoms with van der Waals surface area (Å²) in [6.07, 6.45) is 1.51. The average molecular weight is 230 g/mol. The fourth-order valence-corrected chi connectivity index (χ4v) is 1.19. The highest BCUT2D eigenvalue weighted by molar-refractivity contribution is 7.85. The number of carbonyl (C=O) groups is 1. The van der Waals surface area contributed by atoms with Crippen LogP contribution in [-0.2, 0) is 14.9 Å². The molecule has 1 rings (SSSR count). The maximum atomic E-state index is 10.5. The number of rotatable bonds is 2. The zero-order valence-corrected chi connectivity index (χ0v) is 9.49. The predicted octanol–water partition coefficient (Wildman–Crippen LogP) is 1.84. The molecule has 0 saturated heterocycles. The third-order valence-corrected chi connectivity index (χ3v) is 2.35. The Morgan fingerprint density at radius 2 is 1.67 bits per heavy atom. The molecule has 0 spiro atoms. The maximum Gasteiger partial charge on any atom is 0.294 e. The standard InChI is InChI=1S/C7H8O3S.C3H6O/c1-6-2-4-7(5-3-6)11(8,9)10;1-2-3-4/h2-5H,1H3,(H,8,9,10);3H,2H2,1H3. The van der Waals surface area contributed by atoms with Crippen LogP contribution >= 0.6 is 0 Å². The van der Waals surface area contributed by atoms with Crippen LogP contribution in [0.2, 0.25) is 0 Å². The van der Waals surface area contributed by atoms with E-state index in [1.165, 1.54) is 12.1 Å². The summed E-state index contributed by atoms with van der Waals surface area (Å²) < 4.78 is 29.6. The molecule has 5 heteroatoms. The molecule has 84 valence electrons. The fourth-order valence-electron chi connectivity index (χ4n) is 0.710. The fraction of sp³-hybridized carbons (Fsp3) is 0.300. The van der Waals surface area contributed by atoms with E-state index in [0.29, 0.717) is 6.42 Å². The molecule has 1 aromatic rings. The van der Waals surface area contributed by atoms with Gasteiger partial charge in [-0.2, -0.15) is 8.42 Å². The van der Waals surface area contributed by atoms with Gasteiger partial charge >= 0.3 is 0 Å². The number of hydrogen-bond acceptors (Lipinski definition) is 3. The van der Waals surface area contributed by atoms with E-state index in [4.69, 9.17) is 4.55 Å². The van der Waals surface area contributed by atoms with Gasteiger partial charge in [0.05, 0.1) is 4.90 Å². The smallest absolute Gasteiger partial charge is 0.294 e. The lowest BCUT2D eigenvalue weighted by Crippen LogP contribution is -1.96. The third-order valence-electron chi connectivity index (χ3n) is 1.49. The van der Waals surface area contributed by atoms with Crippen molar-refractivity contribution in [3.8, 4) is 0 Å². The topological polar surface area (TPSA) is 71.4 Å². The van der Waals surface area contributed by atoms with Crippen LogP contribution in [0.4, 0.5) is 0 Å². The first-order valence-corrected chi connectivity index (χ1v) is 5.83. The molecular formula is C10H14O4S. The maximum absolute atomic E-state index is 10.5. The van der Waals surface area contributed by atoms with Crippen molar-refractivity contribution >= 4 is 16.4 Å². The van der Waals surface area contributed by atoms with E-state index in [1.807, 2.05) is 13.8 Å². The number of hydrogen-bond donors (Lipinski definition) is 1. The van der Waals surface area contributed by atoms with Crippen molar-refractivity contribution in [3.05, 3.63) is 29.8 Å². The first-order valence-electron chi connectivity index (χ1n) is 4.39. The Hall–Kier alpha value is -1.20. The second kappa shape index (κ2) is 6.31. The zero-order chi connectivity index (χ0) is 11.9. The first kappa shape index (κ1) is 13.8. The van der Waals surface area contributed by atoms with Gasteiger partial charge < -0.3 is 4.79 Å². The summed E-state index contributed by atoms with van der Waals surface area (Å²) in [5.74, 6) is 0. The minimum absolute atomic E-state index is 0.0666. The van der Waals surface area contributed by atoms with Crippen LogP contribution in [0.15, 0.2) is 29.2 Å². The van der Waals surface area contributed by atoms with Crippen molar-refractivity contribution in [1.82, 2.24) is 0 Å². The Morgan fingerprint density at radius 3 is 1.93 bits per heavy atom. The number of carbonyl (C=O) groups excluding carboxylic acids is 1. The molecule has 0 aliphatic rings. The van der Waals surface area contributed by atoms with Gasteiger partial charge in [0.25, 0.3) is 10.1 Å². The number of benzene rings is 1. The Bertz CT molecular complexity index is 392. The summed E-state index contributed by atoms with van der Waals surface area (Å²) in [5.41, 5.74) is 0.956. The van der Waals surface area contributed by atoms with Gasteiger partial charge in [0.2, 0.25) is 0 Å². The Balaban J connectivity index is 0.000000423. The number of aldehydes is 1. The molecular weight excluding hydrogens is 216 g/mol. The van der Waals surface area contributed by atoms with E-state index in [-0.39, 0.29) is 4.90 Å². The van der Waals surface area contributed by atoms with E-state index in [9.17, 15) is 13.2 Å². The molecule has 4 nitrogen and oxygen atoms in total. The van der Waals surface area contributed by atoms with E-state index in [0.717, 1.165) is 11.8 Å². The van der Waals surface area contributed by atoms with Crippen LogP contribution in [0, 0.1) is 6.92 Å². The molecule has 0 aromatic heterocycles. The largest absolute Gasteiger partial charge is 0.303 e. The first-order chi connectivity index (χ1) is 6.91. The van der Waals surface area contributed by atoms with Crippen molar-refractivity contribution in [3.63, 3.8) is 0 Å².